The van der Waals surface area contributed by atoms with Crippen LogP contribution < -0.4 is 4.74 Å². The van der Waals surface area contributed by atoms with Crippen molar-refractivity contribution in [3.05, 3.63) is 65.7 Å². The molecule has 0 aliphatic heterocycles. The fourth-order valence-corrected chi connectivity index (χ4v) is 3.42. The van der Waals surface area contributed by atoms with Gasteiger partial charge in [0.15, 0.2) is 0 Å². The van der Waals surface area contributed by atoms with Crippen molar-refractivity contribution in [1.82, 2.24) is 0 Å². The van der Waals surface area contributed by atoms with E-state index >= 15 is 0 Å². The van der Waals surface area contributed by atoms with Crippen LogP contribution in [0.2, 0.25) is 0 Å². The number of methoxy groups -OCH3 is 1. The maximum Gasteiger partial charge on any atom is 0.122 e. The van der Waals surface area contributed by atoms with Crippen LogP contribution in [0.5, 0.6) is 5.75 Å². The lowest BCUT2D eigenvalue weighted by molar-refractivity contribution is 0.409. The Morgan fingerprint density at radius 2 is 1.72 bits per heavy atom. The second-order valence-corrected chi connectivity index (χ2v) is 6.14. The highest BCUT2D eigenvalue weighted by atomic mass is 79.9. The van der Waals surface area contributed by atoms with Crippen LogP contribution >= 0.6 is 15.9 Å². The Hall–Kier alpha value is -1.28. The number of hydrogen-bond acceptors (Lipinski definition) is 1. The number of alkyl halides is 1. The fourth-order valence-electron chi connectivity index (χ4n) is 2.58. The van der Waals surface area contributed by atoms with Crippen LogP contribution in [0.4, 0.5) is 0 Å². The van der Waals surface area contributed by atoms with Gasteiger partial charge in [-0.15, -0.1) is 0 Å². The number of hydrogen-bond donors (Lipinski definition) is 0. The molecule has 2 heteroatoms. The maximum atomic E-state index is 5.45. The third-order valence-corrected chi connectivity index (χ3v) is 5.00. The zero-order valence-corrected chi connectivity index (χ0v) is 11.9. The highest BCUT2D eigenvalue weighted by Gasteiger charge is 2.54. The van der Waals surface area contributed by atoms with E-state index in [0.717, 1.165) is 12.2 Å². The summed E-state index contributed by atoms with van der Waals surface area (Å²) >= 11 is 3.91. The summed E-state index contributed by atoms with van der Waals surface area (Å²) in [7, 11) is 1.74. The van der Waals surface area contributed by atoms with Crippen molar-refractivity contribution in [3.8, 4) is 5.75 Å². The van der Waals surface area contributed by atoms with E-state index in [0.29, 0.717) is 5.92 Å². The van der Waals surface area contributed by atoms with Gasteiger partial charge in [0.05, 0.1) is 11.4 Å². The number of rotatable bonds is 3. The summed E-state index contributed by atoms with van der Waals surface area (Å²) in [5.41, 5.74) is 2.64. The minimum atomic E-state index is 0.0862. The molecule has 1 saturated carbocycles. The van der Waals surface area contributed by atoms with Crippen LogP contribution in [0.1, 0.15) is 23.5 Å². The summed E-state index contributed by atoms with van der Waals surface area (Å²) in [6.45, 7) is 0. The van der Waals surface area contributed by atoms with Gasteiger partial charge in [-0.2, -0.15) is 0 Å². The van der Waals surface area contributed by atoms with E-state index in [9.17, 15) is 0 Å². The molecular weight excluding hydrogens is 288 g/mol. The molecule has 0 unspecified atom stereocenters. The van der Waals surface area contributed by atoms with Gasteiger partial charge < -0.3 is 4.74 Å². The molecule has 1 aliphatic rings. The summed E-state index contributed by atoms with van der Waals surface area (Å²) in [5.74, 6) is 1.48. The Labute approximate surface area is 116 Å². The van der Waals surface area contributed by atoms with Gasteiger partial charge in [-0.1, -0.05) is 64.5 Å². The lowest BCUT2D eigenvalue weighted by atomic mass is 10.0. The molecule has 0 saturated heterocycles. The quantitative estimate of drug-likeness (QED) is 0.760. The highest BCUT2D eigenvalue weighted by Crippen LogP contribution is 2.65. The molecule has 0 bridgehead atoms. The van der Waals surface area contributed by atoms with E-state index in [1.54, 1.807) is 7.11 Å². The third-order valence-electron chi connectivity index (χ3n) is 3.66. The Kier molecular flexibility index (Phi) is 2.90. The van der Waals surface area contributed by atoms with Crippen molar-refractivity contribution in [2.75, 3.05) is 7.11 Å². The SMILES string of the molecule is COc1ccccc1[C@H]1C[C@]1(Br)c1ccccc1. The number of para-hydroxylation sites is 1. The Morgan fingerprint density at radius 1 is 1.06 bits per heavy atom. The van der Waals surface area contributed by atoms with Crippen molar-refractivity contribution in [2.45, 2.75) is 16.7 Å². The smallest absolute Gasteiger partial charge is 0.122 e. The average Bonchev–Trinajstić information content (AvgIpc) is 3.13. The zero-order valence-electron chi connectivity index (χ0n) is 10.3. The summed E-state index contributed by atoms with van der Waals surface area (Å²) in [5, 5.41) is 0. The lowest BCUT2D eigenvalue weighted by Crippen LogP contribution is -2.00. The second kappa shape index (κ2) is 4.43. The van der Waals surface area contributed by atoms with Gasteiger partial charge in [0, 0.05) is 5.92 Å². The van der Waals surface area contributed by atoms with Crippen LogP contribution in [-0.2, 0) is 4.32 Å². The van der Waals surface area contributed by atoms with E-state index in [-0.39, 0.29) is 4.32 Å². The normalized spacial score (nSPS) is 25.8. The maximum absolute atomic E-state index is 5.45. The van der Waals surface area contributed by atoms with Gasteiger partial charge >= 0.3 is 0 Å². The molecule has 1 fully saturated rings. The second-order valence-electron chi connectivity index (χ2n) is 4.73. The molecule has 2 atom stereocenters. The van der Waals surface area contributed by atoms with Crippen molar-refractivity contribution >= 4 is 15.9 Å². The molecule has 2 aromatic rings. The molecule has 1 aliphatic carbocycles. The predicted molar refractivity (Wildman–Crippen MR) is 77.4 cm³/mol. The van der Waals surface area contributed by atoms with Crippen LogP contribution in [0.25, 0.3) is 0 Å². The number of ether oxygens (including phenoxy) is 1. The standard InChI is InChI=1S/C16H15BrO/c1-18-15-10-6-5-9-13(15)14-11-16(14,17)12-7-3-2-4-8-12/h2-10,14H,11H2,1H3/t14-,16+/m1/s1. The van der Waals surface area contributed by atoms with Gasteiger partial charge in [0.2, 0.25) is 0 Å². The molecule has 1 nitrogen and oxygen atoms in total. The first kappa shape index (κ1) is 11.8. The predicted octanol–water partition coefficient (Wildman–Crippen LogP) is 4.47. The number of halogens is 1. The zero-order chi connectivity index (χ0) is 12.6. The van der Waals surface area contributed by atoms with E-state index < -0.39 is 0 Å². The fraction of sp³-hybridized carbons (Fsp3) is 0.250. The molecule has 0 amide bonds. The minimum absolute atomic E-state index is 0.0862. The molecule has 92 valence electrons. The first-order chi connectivity index (χ1) is 8.75. The van der Waals surface area contributed by atoms with E-state index in [2.05, 4.69) is 58.4 Å². The lowest BCUT2D eigenvalue weighted by Gasteiger charge is -2.12. The molecule has 0 spiro atoms. The van der Waals surface area contributed by atoms with Crippen LogP contribution in [0, 0.1) is 0 Å². The first-order valence-electron chi connectivity index (χ1n) is 6.13. The van der Waals surface area contributed by atoms with E-state index in [1.165, 1.54) is 11.1 Å². The van der Waals surface area contributed by atoms with Gasteiger partial charge in [0.25, 0.3) is 0 Å². The minimum Gasteiger partial charge on any atom is -0.496 e. The van der Waals surface area contributed by atoms with Gasteiger partial charge in [-0.05, 0) is 23.6 Å². The molecule has 0 aromatic heterocycles. The van der Waals surface area contributed by atoms with Gasteiger partial charge in [0.1, 0.15) is 5.75 Å². The Morgan fingerprint density at radius 3 is 2.44 bits per heavy atom. The van der Waals surface area contributed by atoms with Crippen molar-refractivity contribution in [1.29, 1.82) is 0 Å². The molecule has 0 N–H and O–H groups in total. The topological polar surface area (TPSA) is 9.23 Å². The summed E-state index contributed by atoms with van der Waals surface area (Å²) in [4.78, 5) is 0. The molecule has 3 rings (SSSR count). The monoisotopic (exact) mass is 302 g/mol. The Bertz CT molecular complexity index is 552. The van der Waals surface area contributed by atoms with Gasteiger partial charge in [-0.25, -0.2) is 0 Å². The first-order valence-corrected chi connectivity index (χ1v) is 6.92. The molecule has 0 heterocycles. The molecule has 0 radical (unpaired) electrons. The largest absolute Gasteiger partial charge is 0.496 e. The van der Waals surface area contributed by atoms with Crippen LogP contribution in [0.15, 0.2) is 54.6 Å². The Balaban J connectivity index is 1.94. The molecule has 2 aromatic carbocycles. The van der Waals surface area contributed by atoms with E-state index in [1.807, 2.05) is 12.1 Å². The molecule has 18 heavy (non-hydrogen) atoms. The highest BCUT2D eigenvalue weighted by molar-refractivity contribution is 9.09. The van der Waals surface area contributed by atoms with E-state index in [4.69, 9.17) is 4.74 Å². The average molecular weight is 303 g/mol. The van der Waals surface area contributed by atoms with Gasteiger partial charge in [-0.3, -0.25) is 0 Å². The summed E-state index contributed by atoms with van der Waals surface area (Å²) < 4.78 is 5.54. The summed E-state index contributed by atoms with van der Waals surface area (Å²) in [6.07, 6.45) is 1.12. The van der Waals surface area contributed by atoms with Crippen LogP contribution in [-0.4, -0.2) is 7.11 Å². The third kappa shape index (κ3) is 1.85. The van der Waals surface area contributed by atoms with Crippen molar-refractivity contribution < 1.29 is 4.74 Å². The van der Waals surface area contributed by atoms with Crippen molar-refractivity contribution in [3.63, 3.8) is 0 Å². The molecular formula is C16H15BrO. The van der Waals surface area contributed by atoms with Crippen LogP contribution in [0.3, 0.4) is 0 Å². The summed E-state index contributed by atoms with van der Waals surface area (Å²) in [6, 6.07) is 18.9. The number of benzene rings is 2. The van der Waals surface area contributed by atoms with Crippen molar-refractivity contribution in [2.24, 2.45) is 0 Å².